The first-order valence-electron chi connectivity index (χ1n) is 9.55. The molecular formula is C22H29N3O2. The molecule has 0 saturated carbocycles. The van der Waals surface area contributed by atoms with Crippen LogP contribution in [0.25, 0.3) is 5.69 Å². The maximum Gasteiger partial charge on any atom is 0.219 e. The summed E-state index contributed by atoms with van der Waals surface area (Å²) in [4.78, 5) is 28.4. The minimum absolute atomic E-state index is 0.109. The Kier molecular flexibility index (Phi) is 5.51. The molecule has 1 aromatic carbocycles. The summed E-state index contributed by atoms with van der Waals surface area (Å²) in [7, 11) is 0. The monoisotopic (exact) mass is 367 g/mol. The van der Waals surface area contributed by atoms with Crippen molar-refractivity contribution in [3.63, 3.8) is 0 Å². The van der Waals surface area contributed by atoms with E-state index < -0.39 is 0 Å². The first-order valence-corrected chi connectivity index (χ1v) is 9.55. The predicted octanol–water partition coefficient (Wildman–Crippen LogP) is 3.06. The Balaban J connectivity index is 1.78. The largest absolute Gasteiger partial charge is 0.340 e. The Morgan fingerprint density at radius 2 is 1.48 bits per heavy atom. The zero-order valence-corrected chi connectivity index (χ0v) is 17.0. The molecule has 27 heavy (non-hydrogen) atoms. The lowest BCUT2D eigenvalue weighted by Crippen LogP contribution is -2.49. The summed E-state index contributed by atoms with van der Waals surface area (Å²) in [6.45, 7) is 13.2. The van der Waals surface area contributed by atoms with Crippen molar-refractivity contribution >= 4 is 11.7 Å². The van der Waals surface area contributed by atoms with Gasteiger partial charge in [-0.3, -0.25) is 14.5 Å². The number of hydrogen-bond donors (Lipinski definition) is 0. The van der Waals surface area contributed by atoms with E-state index in [2.05, 4.69) is 41.5 Å². The van der Waals surface area contributed by atoms with E-state index in [1.807, 2.05) is 24.8 Å². The molecule has 5 nitrogen and oxygen atoms in total. The molecule has 1 aliphatic rings. The molecular weight excluding hydrogens is 338 g/mol. The molecule has 0 spiro atoms. The predicted molar refractivity (Wildman–Crippen MR) is 108 cm³/mol. The molecule has 1 aliphatic heterocycles. The molecule has 0 N–H and O–H groups in total. The fourth-order valence-electron chi connectivity index (χ4n) is 4.03. The average Bonchev–Trinajstić information content (AvgIpc) is 2.89. The van der Waals surface area contributed by atoms with Crippen LogP contribution in [0.3, 0.4) is 0 Å². The summed E-state index contributed by atoms with van der Waals surface area (Å²) in [5.41, 5.74) is 6.40. The number of hydrogen-bond acceptors (Lipinski definition) is 3. The van der Waals surface area contributed by atoms with Crippen molar-refractivity contribution in [1.29, 1.82) is 0 Å². The van der Waals surface area contributed by atoms with Gasteiger partial charge in [-0.1, -0.05) is 6.07 Å². The molecule has 3 rings (SSSR count). The molecule has 0 atom stereocenters. The molecule has 144 valence electrons. The van der Waals surface area contributed by atoms with Crippen LogP contribution in [0, 0.1) is 27.7 Å². The molecule has 0 unspecified atom stereocenters. The second-order valence-electron chi connectivity index (χ2n) is 7.67. The number of amides is 1. The lowest BCUT2D eigenvalue weighted by atomic mass is 10.1. The third kappa shape index (κ3) is 4.14. The summed E-state index contributed by atoms with van der Waals surface area (Å²) in [5, 5.41) is 0. The van der Waals surface area contributed by atoms with Crippen LogP contribution in [0.5, 0.6) is 0 Å². The summed E-state index contributed by atoms with van der Waals surface area (Å²) < 4.78 is 2.17. The van der Waals surface area contributed by atoms with Gasteiger partial charge in [0, 0.05) is 55.7 Å². The van der Waals surface area contributed by atoms with E-state index in [4.69, 9.17) is 0 Å². The Hall–Kier alpha value is -2.40. The van der Waals surface area contributed by atoms with Crippen LogP contribution in [-0.2, 0) is 4.79 Å². The first-order chi connectivity index (χ1) is 12.8. The van der Waals surface area contributed by atoms with Gasteiger partial charge in [-0.2, -0.15) is 0 Å². The minimum atomic E-state index is 0.109. The van der Waals surface area contributed by atoms with E-state index in [9.17, 15) is 9.59 Å². The smallest absolute Gasteiger partial charge is 0.219 e. The standard InChI is InChI=1S/C22H29N3O2/c1-15-10-16(2)12-20(11-15)25-17(3)13-21(18(25)4)22(27)14-23-6-8-24(9-7-23)19(5)26/h10-13H,6-9,14H2,1-5H3. The molecule has 2 aromatic rings. The summed E-state index contributed by atoms with van der Waals surface area (Å²) in [6, 6.07) is 8.47. The molecule has 5 heteroatoms. The van der Waals surface area contributed by atoms with E-state index in [1.165, 1.54) is 11.1 Å². The van der Waals surface area contributed by atoms with Gasteiger partial charge < -0.3 is 9.47 Å². The average molecular weight is 367 g/mol. The van der Waals surface area contributed by atoms with Crippen molar-refractivity contribution in [3.8, 4) is 5.69 Å². The summed E-state index contributed by atoms with van der Waals surface area (Å²) in [6.07, 6.45) is 0. The maximum absolute atomic E-state index is 12.9. The Labute approximate surface area is 161 Å². The highest BCUT2D eigenvalue weighted by molar-refractivity contribution is 5.99. The van der Waals surface area contributed by atoms with Crippen molar-refractivity contribution in [3.05, 3.63) is 52.3 Å². The van der Waals surface area contributed by atoms with E-state index in [0.29, 0.717) is 19.6 Å². The molecule has 2 heterocycles. The normalized spacial score (nSPS) is 15.2. The summed E-state index contributed by atoms with van der Waals surface area (Å²) >= 11 is 0. The van der Waals surface area contributed by atoms with Crippen molar-refractivity contribution in [2.24, 2.45) is 0 Å². The minimum Gasteiger partial charge on any atom is -0.340 e. The second kappa shape index (κ2) is 7.69. The molecule has 1 saturated heterocycles. The van der Waals surface area contributed by atoms with Crippen LogP contribution in [0.4, 0.5) is 0 Å². The van der Waals surface area contributed by atoms with Gasteiger partial charge in [-0.05, 0) is 57.0 Å². The third-order valence-electron chi connectivity index (χ3n) is 5.38. The van der Waals surface area contributed by atoms with Gasteiger partial charge in [0.15, 0.2) is 5.78 Å². The van der Waals surface area contributed by atoms with Gasteiger partial charge in [-0.25, -0.2) is 0 Å². The van der Waals surface area contributed by atoms with Crippen LogP contribution in [-0.4, -0.2) is 58.8 Å². The fourth-order valence-corrected chi connectivity index (χ4v) is 4.03. The Bertz CT molecular complexity index is 854. The quantitative estimate of drug-likeness (QED) is 0.780. The number of carbonyl (C=O) groups excluding carboxylic acids is 2. The molecule has 0 radical (unpaired) electrons. The molecule has 0 aliphatic carbocycles. The molecule has 1 amide bonds. The molecule has 1 fully saturated rings. The number of benzene rings is 1. The van der Waals surface area contributed by atoms with E-state index in [0.717, 1.165) is 35.7 Å². The van der Waals surface area contributed by atoms with Crippen LogP contribution >= 0.6 is 0 Å². The van der Waals surface area contributed by atoms with Crippen molar-refractivity contribution in [1.82, 2.24) is 14.4 Å². The van der Waals surface area contributed by atoms with Crippen molar-refractivity contribution in [2.75, 3.05) is 32.7 Å². The Morgan fingerprint density at radius 3 is 2.04 bits per heavy atom. The maximum atomic E-state index is 12.9. The number of carbonyl (C=O) groups is 2. The Morgan fingerprint density at radius 1 is 0.889 bits per heavy atom. The van der Waals surface area contributed by atoms with Gasteiger partial charge in [0.1, 0.15) is 0 Å². The van der Waals surface area contributed by atoms with E-state index >= 15 is 0 Å². The first kappa shape index (κ1) is 19.4. The van der Waals surface area contributed by atoms with Crippen molar-refractivity contribution in [2.45, 2.75) is 34.6 Å². The van der Waals surface area contributed by atoms with Gasteiger partial charge in [0.2, 0.25) is 5.91 Å². The number of Topliss-reactive ketones (excluding diaryl/α,β-unsaturated/α-hetero) is 1. The van der Waals surface area contributed by atoms with Gasteiger partial charge in [-0.15, -0.1) is 0 Å². The summed E-state index contributed by atoms with van der Waals surface area (Å²) in [5.74, 6) is 0.257. The van der Waals surface area contributed by atoms with E-state index in [-0.39, 0.29) is 11.7 Å². The molecule has 1 aromatic heterocycles. The molecule has 0 bridgehead atoms. The number of aromatic nitrogens is 1. The highest BCUT2D eigenvalue weighted by atomic mass is 16.2. The third-order valence-corrected chi connectivity index (χ3v) is 5.38. The highest BCUT2D eigenvalue weighted by Crippen LogP contribution is 2.23. The van der Waals surface area contributed by atoms with Crippen LogP contribution in [0.2, 0.25) is 0 Å². The number of piperazine rings is 1. The van der Waals surface area contributed by atoms with Gasteiger partial charge in [0.05, 0.1) is 6.54 Å². The van der Waals surface area contributed by atoms with Crippen molar-refractivity contribution < 1.29 is 9.59 Å². The number of aryl methyl sites for hydroxylation is 3. The van der Waals surface area contributed by atoms with Gasteiger partial charge in [0.25, 0.3) is 0 Å². The zero-order chi connectivity index (χ0) is 19.7. The second-order valence-corrected chi connectivity index (χ2v) is 7.67. The number of rotatable bonds is 4. The zero-order valence-electron chi connectivity index (χ0n) is 17.0. The lowest BCUT2D eigenvalue weighted by Gasteiger charge is -2.33. The van der Waals surface area contributed by atoms with Gasteiger partial charge >= 0.3 is 0 Å². The van der Waals surface area contributed by atoms with E-state index in [1.54, 1.807) is 6.92 Å². The van der Waals surface area contributed by atoms with Crippen LogP contribution < -0.4 is 0 Å². The SMILES string of the molecule is CC(=O)N1CCN(CC(=O)c2cc(C)n(-c3cc(C)cc(C)c3)c2C)CC1. The van der Waals surface area contributed by atoms with Crippen LogP contribution in [0.1, 0.15) is 39.8 Å². The highest BCUT2D eigenvalue weighted by Gasteiger charge is 2.23. The topological polar surface area (TPSA) is 45.6 Å². The number of ketones is 1. The van der Waals surface area contributed by atoms with Crippen LogP contribution in [0.15, 0.2) is 24.3 Å². The lowest BCUT2D eigenvalue weighted by molar-refractivity contribution is -0.130. The number of nitrogens with zero attached hydrogens (tertiary/aromatic N) is 3. The fraction of sp³-hybridized carbons (Fsp3) is 0.455.